The number of thiocarbonyl (C=S) groups is 1. The Bertz CT molecular complexity index is 623. The van der Waals surface area contributed by atoms with Crippen LogP contribution in [0.25, 0.3) is 0 Å². The van der Waals surface area contributed by atoms with Crippen LogP contribution in [0.2, 0.25) is 0 Å². The van der Waals surface area contributed by atoms with Crippen molar-refractivity contribution in [2.24, 2.45) is 5.73 Å². The fourth-order valence-corrected chi connectivity index (χ4v) is 2.77. The third-order valence-corrected chi connectivity index (χ3v) is 4.05. The molecule has 5 nitrogen and oxygen atoms in total. The smallest absolute Gasteiger partial charge is 0.251 e. The number of carbonyl (C=O) groups excluding carboxylic acids is 2. The second-order valence-corrected chi connectivity index (χ2v) is 5.58. The molecule has 8 heteroatoms. The van der Waals surface area contributed by atoms with E-state index in [1.807, 2.05) is 0 Å². The minimum absolute atomic E-state index is 0.00342. The van der Waals surface area contributed by atoms with Crippen molar-refractivity contribution in [1.29, 1.82) is 0 Å². The van der Waals surface area contributed by atoms with Crippen molar-refractivity contribution in [3.8, 4) is 0 Å². The van der Waals surface area contributed by atoms with Gasteiger partial charge >= 0.3 is 0 Å². The first-order valence-corrected chi connectivity index (χ1v) is 6.87. The van der Waals surface area contributed by atoms with Crippen LogP contribution in [-0.4, -0.2) is 34.8 Å². The minimum Gasteiger partial charge on any atom is -0.389 e. The first kappa shape index (κ1) is 14.9. The zero-order chi connectivity index (χ0) is 15.0. The number of likely N-dealkylation sites (N-methyl/N-ethyl adjacent to an activating group) is 1. The van der Waals surface area contributed by atoms with E-state index in [4.69, 9.17) is 18.0 Å². The van der Waals surface area contributed by atoms with Crippen LogP contribution in [0.4, 0.5) is 10.1 Å². The third kappa shape index (κ3) is 2.53. The summed E-state index contributed by atoms with van der Waals surface area (Å²) in [5, 5.41) is 2.73. The first-order chi connectivity index (χ1) is 9.32. The average molecular weight is 360 g/mol. The van der Waals surface area contributed by atoms with Crippen molar-refractivity contribution in [3.05, 3.63) is 28.0 Å². The van der Waals surface area contributed by atoms with Crippen LogP contribution in [0.15, 0.2) is 16.6 Å². The lowest BCUT2D eigenvalue weighted by Crippen LogP contribution is -2.32. The molecule has 0 spiro atoms. The van der Waals surface area contributed by atoms with Gasteiger partial charge in [-0.2, -0.15) is 0 Å². The number of rotatable bonds is 3. The Hall–Kier alpha value is -1.54. The van der Waals surface area contributed by atoms with E-state index in [1.54, 1.807) is 6.07 Å². The van der Waals surface area contributed by atoms with Crippen molar-refractivity contribution in [1.82, 2.24) is 4.90 Å². The van der Waals surface area contributed by atoms with E-state index >= 15 is 0 Å². The molecule has 1 aliphatic rings. The Kier molecular flexibility index (Phi) is 4.05. The SMILES string of the molecule is CN1C(=O)CC(Nc2ccc(C(N)=S)c(Br)c2F)C1=O. The molecule has 1 aliphatic heterocycles. The number of nitrogens with one attached hydrogen (secondary N) is 1. The lowest BCUT2D eigenvalue weighted by Gasteiger charge is -2.15. The van der Waals surface area contributed by atoms with E-state index < -0.39 is 11.9 Å². The highest BCUT2D eigenvalue weighted by Crippen LogP contribution is 2.28. The van der Waals surface area contributed by atoms with Crippen LogP contribution < -0.4 is 11.1 Å². The van der Waals surface area contributed by atoms with E-state index in [0.29, 0.717) is 5.56 Å². The van der Waals surface area contributed by atoms with E-state index in [9.17, 15) is 14.0 Å². The number of likely N-dealkylation sites (tertiary alicyclic amines) is 1. The zero-order valence-corrected chi connectivity index (χ0v) is 12.8. The quantitative estimate of drug-likeness (QED) is 0.630. The monoisotopic (exact) mass is 359 g/mol. The molecule has 3 N–H and O–H groups in total. The number of nitrogens with zero attached hydrogens (tertiary/aromatic N) is 1. The highest BCUT2D eigenvalue weighted by Gasteiger charge is 2.36. The predicted molar refractivity (Wildman–Crippen MR) is 79.8 cm³/mol. The highest BCUT2D eigenvalue weighted by molar-refractivity contribution is 9.10. The summed E-state index contributed by atoms with van der Waals surface area (Å²) in [7, 11) is 1.40. The molecular formula is C12H11BrFN3O2S. The topological polar surface area (TPSA) is 75.4 Å². The Labute approximate surface area is 128 Å². The van der Waals surface area contributed by atoms with Crippen LogP contribution in [0.1, 0.15) is 12.0 Å². The van der Waals surface area contributed by atoms with Crippen molar-refractivity contribution >= 4 is 50.6 Å². The summed E-state index contributed by atoms with van der Waals surface area (Å²) < 4.78 is 14.3. The van der Waals surface area contributed by atoms with Crippen molar-refractivity contribution in [2.45, 2.75) is 12.5 Å². The second kappa shape index (κ2) is 5.45. The fourth-order valence-electron chi connectivity index (χ4n) is 1.91. The van der Waals surface area contributed by atoms with Gasteiger partial charge in [0.25, 0.3) is 5.91 Å². The molecule has 0 saturated carbocycles. The number of carbonyl (C=O) groups is 2. The molecule has 106 valence electrons. The Morgan fingerprint density at radius 3 is 2.70 bits per heavy atom. The van der Waals surface area contributed by atoms with Gasteiger partial charge in [-0.25, -0.2) is 4.39 Å². The molecule has 1 atom stereocenters. The van der Waals surface area contributed by atoms with Gasteiger partial charge in [0.1, 0.15) is 11.0 Å². The van der Waals surface area contributed by atoms with E-state index in [1.165, 1.54) is 13.1 Å². The van der Waals surface area contributed by atoms with Gasteiger partial charge < -0.3 is 11.1 Å². The summed E-state index contributed by atoms with van der Waals surface area (Å²) >= 11 is 7.88. The number of imide groups is 1. The van der Waals surface area contributed by atoms with Gasteiger partial charge in [0, 0.05) is 12.6 Å². The molecule has 0 aliphatic carbocycles. The highest BCUT2D eigenvalue weighted by atomic mass is 79.9. The lowest BCUT2D eigenvalue weighted by atomic mass is 10.1. The van der Waals surface area contributed by atoms with E-state index in [2.05, 4.69) is 21.2 Å². The molecule has 0 bridgehead atoms. The lowest BCUT2D eigenvalue weighted by molar-refractivity contribution is -0.136. The van der Waals surface area contributed by atoms with Crippen LogP contribution in [0.5, 0.6) is 0 Å². The molecule has 2 amide bonds. The molecule has 0 radical (unpaired) electrons. The molecule has 1 aromatic rings. The zero-order valence-electron chi connectivity index (χ0n) is 10.4. The molecule has 2 rings (SSSR count). The average Bonchev–Trinajstić information content (AvgIpc) is 2.62. The third-order valence-electron chi connectivity index (χ3n) is 3.06. The van der Waals surface area contributed by atoms with Crippen LogP contribution in [-0.2, 0) is 9.59 Å². The van der Waals surface area contributed by atoms with Crippen molar-refractivity contribution in [2.75, 3.05) is 12.4 Å². The molecule has 20 heavy (non-hydrogen) atoms. The first-order valence-electron chi connectivity index (χ1n) is 5.67. The fraction of sp³-hybridized carbons (Fsp3) is 0.250. The van der Waals surface area contributed by atoms with Gasteiger partial charge in [-0.15, -0.1) is 0 Å². The molecule has 1 heterocycles. The molecule has 1 fully saturated rings. The maximum absolute atomic E-state index is 14.2. The van der Waals surface area contributed by atoms with Gasteiger partial charge in [-0.3, -0.25) is 14.5 Å². The summed E-state index contributed by atoms with van der Waals surface area (Å²) in [6.07, 6.45) is 0.00342. The number of hydrogen-bond acceptors (Lipinski definition) is 4. The molecule has 1 aromatic carbocycles. The number of amides is 2. The molecule has 1 unspecified atom stereocenters. The molecular weight excluding hydrogens is 349 g/mol. The largest absolute Gasteiger partial charge is 0.389 e. The van der Waals surface area contributed by atoms with Crippen LogP contribution in [0.3, 0.4) is 0 Å². The summed E-state index contributed by atoms with van der Waals surface area (Å²) in [6.45, 7) is 0. The summed E-state index contributed by atoms with van der Waals surface area (Å²) in [5.41, 5.74) is 5.94. The predicted octanol–water partition coefficient (Wildman–Crippen LogP) is 1.39. The van der Waals surface area contributed by atoms with Gasteiger partial charge in [0.2, 0.25) is 5.91 Å². The number of benzene rings is 1. The van der Waals surface area contributed by atoms with Crippen molar-refractivity contribution < 1.29 is 14.0 Å². The summed E-state index contributed by atoms with van der Waals surface area (Å²) in [4.78, 5) is 24.3. The summed E-state index contributed by atoms with van der Waals surface area (Å²) in [5.74, 6) is -1.29. The maximum Gasteiger partial charge on any atom is 0.251 e. The van der Waals surface area contributed by atoms with Crippen LogP contribution in [0, 0.1) is 5.82 Å². The number of nitrogens with two attached hydrogens (primary N) is 1. The molecule has 1 saturated heterocycles. The van der Waals surface area contributed by atoms with Crippen LogP contribution >= 0.6 is 28.1 Å². The number of hydrogen-bond donors (Lipinski definition) is 2. The Morgan fingerprint density at radius 1 is 1.55 bits per heavy atom. The second-order valence-electron chi connectivity index (χ2n) is 4.34. The van der Waals surface area contributed by atoms with Crippen molar-refractivity contribution in [3.63, 3.8) is 0 Å². The van der Waals surface area contributed by atoms with E-state index in [-0.39, 0.29) is 33.4 Å². The standard InChI is InChI=1S/C12H11BrFN3O2S/c1-17-8(18)4-7(12(17)19)16-6-3-2-5(11(15)20)9(13)10(6)14/h2-3,7,16H,4H2,1H3,(H2,15,20). The van der Waals surface area contributed by atoms with E-state index in [0.717, 1.165) is 4.90 Å². The van der Waals surface area contributed by atoms with Gasteiger partial charge in [-0.1, -0.05) is 12.2 Å². The number of halogens is 2. The Morgan fingerprint density at radius 2 is 2.20 bits per heavy atom. The minimum atomic E-state index is -0.760. The van der Waals surface area contributed by atoms with Gasteiger partial charge in [0.05, 0.1) is 16.6 Å². The number of anilines is 1. The molecule has 0 aromatic heterocycles. The summed E-state index contributed by atoms with van der Waals surface area (Å²) in [6, 6.07) is 2.22. The van der Waals surface area contributed by atoms with Gasteiger partial charge in [0.15, 0.2) is 5.82 Å². The Balaban J connectivity index is 2.28. The maximum atomic E-state index is 14.2. The van der Waals surface area contributed by atoms with Gasteiger partial charge in [-0.05, 0) is 28.1 Å². The normalized spacial score (nSPS) is 18.6.